The van der Waals surface area contributed by atoms with Gasteiger partial charge in [-0.2, -0.15) is 0 Å². The van der Waals surface area contributed by atoms with Crippen LogP contribution in [0, 0.1) is 28.6 Å². The SMILES string of the molecule is COC1CC(OC2CCC3(C)C(=CCC4C3C(O)C(O)C3(C)C(C(C)=O)CCC43O)C2)OC(C)C1OC1CC(OC)C(OC2OC(C)C(O)C(OC)C2O)C(C)O1. The van der Waals surface area contributed by atoms with Gasteiger partial charge in [-0.1, -0.05) is 25.5 Å². The van der Waals surface area contributed by atoms with Gasteiger partial charge in [0.2, 0.25) is 0 Å². The Morgan fingerprint density at radius 3 is 1.96 bits per heavy atom. The molecule has 3 saturated carbocycles. The summed E-state index contributed by atoms with van der Waals surface area (Å²) in [4.78, 5) is 12.7. The van der Waals surface area contributed by atoms with Gasteiger partial charge in [0.25, 0.3) is 0 Å². The molecule has 0 spiro atoms. The predicted molar refractivity (Wildman–Crippen MR) is 201 cm³/mol. The number of aliphatic hydroxyl groups excluding tert-OH is 4. The fraction of sp³-hybridized carbons (Fsp3) is 0.929. The molecular weight excluding hydrogens is 744 g/mol. The lowest BCUT2D eigenvalue weighted by molar-refractivity contribution is -0.352. The molecule has 0 amide bonds. The first kappa shape index (κ1) is 43.9. The molecular formula is C42H68O15. The Kier molecular flexibility index (Phi) is 12.8. The molecule has 0 aromatic rings. The predicted octanol–water partition coefficient (Wildman–Crippen LogP) is 2.15. The molecule has 7 rings (SSSR count). The first-order valence-corrected chi connectivity index (χ1v) is 21.1. The van der Waals surface area contributed by atoms with E-state index >= 15 is 0 Å². The summed E-state index contributed by atoms with van der Waals surface area (Å²) in [6, 6.07) is 0. The highest BCUT2D eigenvalue weighted by Gasteiger charge is 2.73. The van der Waals surface area contributed by atoms with E-state index in [0.717, 1.165) is 0 Å². The Morgan fingerprint density at radius 2 is 1.37 bits per heavy atom. The molecule has 7 aliphatic rings. The summed E-state index contributed by atoms with van der Waals surface area (Å²) < 4.78 is 55.1. The molecule has 3 saturated heterocycles. The fourth-order valence-corrected chi connectivity index (χ4v) is 12.4. The average molecular weight is 813 g/mol. The number of methoxy groups -OCH3 is 3. The van der Waals surface area contributed by atoms with Crippen molar-refractivity contribution in [2.24, 2.45) is 28.6 Å². The van der Waals surface area contributed by atoms with E-state index in [1.54, 1.807) is 28.1 Å². The average Bonchev–Trinajstić information content (AvgIpc) is 3.46. The van der Waals surface area contributed by atoms with E-state index in [2.05, 4.69) is 13.0 Å². The molecule has 3 aliphatic heterocycles. The van der Waals surface area contributed by atoms with E-state index in [1.165, 1.54) is 19.6 Å². The molecule has 22 unspecified atom stereocenters. The van der Waals surface area contributed by atoms with Crippen molar-refractivity contribution in [3.05, 3.63) is 11.6 Å². The van der Waals surface area contributed by atoms with Crippen molar-refractivity contribution in [2.75, 3.05) is 21.3 Å². The number of Topliss-reactive ketones (excluding diaryl/α,β-unsaturated/α-hetero) is 1. The quantitative estimate of drug-likeness (QED) is 0.201. The van der Waals surface area contributed by atoms with Crippen molar-refractivity contribution < 1.29 is 73.0 Å². The van der Waals surface area contributed by atoms with Crippen molar-refractivity contribution >= 4 is 5.78 Å². The minimum Gasteiger partial charge on any atom is -0.390 e. The van der Waals surface area contributed by atoms with E-state index in [1.807, 2.05) is 13.8 Å². The summed E-state index contributed by atoms with van der Waals surface area (Å²) in [5, 5.41) is 57.0. The molecule has 15 heteroatoms. The van der Waals surface area contributed by atoms with Gasteiger partial charge in [-0.3, -0.25) is 4.79 Å². The van der Waals surface area contributed by atoms with Crippen LogP contribution in [-0.4, -0.2) is 156 Å². The monoisotopic (exact) mass is 812 g/mol. The summed E-state index contributed by atoms with van der Waals surface area (Å²) in [5.74, 6) is -1.17. The molecule has 4 aliphatic carbocycles. The number of hydrogen-bond acceptors (Lipinski definition) is 15. The van der Waals surface area contributed by atoms with E-state index in [0.29, 0.717) is 51.4 Å². The Labute approximate surface area is 336 Å². The van der Waals surface area contributed by atoms with Crippen LogP contribution in [-0.2, 0) is 47.4 Å². The van der Waals surface area contributed by atoms with E-state index in [9.17, 15) is 30.3 Å². The summed E-state index contributed by atoms with van der Waals surface area (Å²) in [7, 11) is 4.65. The lowest BCUT2D eigenvalue weighted by atomic mass is 9.44. The molecule has 57 heavy (non-hydrogen) atoms. The van der Waals surface area contributed by atoms with Crippen LogP contribution in [0.1, 0.15) is 92.9 Å². The van der Waals surface area contributed by atoms with Crippen LogP contribution in [0.3, 0.4) is 0 Å². The third-order valence-electron chi connectivity index (χ3n) is 15.7. The first-order chi connectivity index (χ1) is 26.9. The minimum absolute atomic E-state index is 0.0512. The zero-order valence-electron chi connectivity index (χ0n) is 35.0. The van der Waals surface area contributed by atoms with Crippen molar-refractivity contribution in [3.8, 4) is 0 Å². The minimum atomic E-state index is -1.25. The van der Waals surface area contributed by atoms with Crippen molar-refractivity contribution in [3.63, 3.8) is 0 Å². The molecule has 15 nitrogen and oxygen atoms in total. The molecule has 0 aromatic carbocycles. The van der Waals surface area contributed by atoms with E-state index < -0.39 is 108 Å². The highest BCUT2D eigenvalue weighted by atomic mass is 16.8. The van der Waals surface area contributed by atoms with E-state index in [-0.39, 0.29) is 29.8 Å². The highest BCUT2D eigenvalue weighted by Crippen LogP contribution is 2.68. The normalized spacial score (nSPS) is 54.0. The second kappa shape index (κ2) is 16.6. The van der Waals surface area contributed by atoms with Crippen molar-refractivity contribution in [1.82, 2.24) is 0 Å². The molecule has 0 aromatic heterocycles. The van der Waals surface area contributed by atoms with Gasteiger partial charge in [0, 0.05) is 51.4 Å². The van der Waals surface area contributed by atoms with Crippen LogP contribution < -0.4 is 0 Å². The molecule has 0 radical (unpaired) electrons. The molecule has 0 bridgehead atoms. The molecule has 326 valence electrons. The van der Waals surface area contributed by atoms with Crippen LogP contribution >= 0.6 is 0 Å². The zero-order valence-corrected chi connectivity index (χ0v) is 35.0. The van der Waals surface area contributed by atoms with Gasteiger partial charge in [-0.25, -0.2) is 0 Å². The number of aliphatic hydroxyl groups is 5. The van der Waals surface area contributed by atoms with Crippen LogP contribution in [0.5, 0.6) is 0 Å². The fourth-order valence-electron chi connectivity index (χ4n) is 12.4. The maximum absolute atomic E-state index is 12.7. The summed E-state index contributed by atoms with van der Waals surface area (Å²) in [5.41, 5.74) is -1.63. The van der Waals surface area contributed by atoms with Gasteiger partial charge in [0.1, 0.15) is 36.3 Å². The number of fused-ring (bicyclic) bond motifs is 5. The highest BCUT2D eigenvalue weighted by molar-refractivity contribution is 5.80. The largest absolute Gasteiger partial charge is 0.390 e. The third-order valence-corrected chi connectivity index (χ3v) is 15.7. The maximum atomic E-state index is 12.7. The van der Waals surface area contributed by atoms with Crippen LogP contribution in [0.15, 0.2) is 11.6 Å². The van der Waals surface area contributed by atoms with E-state index in [4.69, 9.17) is 42.6 Å². The Bertz CT molecular complexity index is 1460. The first-order valence-electron chi connectivity index (χ1n) is 21.1. The Hall–Kier alpha value is -1.15. The van der Waals surface area contributed by atoms with Crippen molar-refractivity contribution in [2.45, 2.75) is 197 Å². The van der Waals surface area contributed by atoms with Gasteiger partial charge in [0.05, 0.1) is 54.4 Å². The number of ketones is 1. The molecule has 3 heterocycles. The number of carbonyl (C=O) groups is 1. The molecule has 22 atom stereocenters. The number of allylic oxidation sites excluding steroid dienone is 1. The Balaban J connectivity index is 0.962. The number of ether oxygens (including phenoxy) is 9. The smallest absolute Gasteiger partial charge is 0.187 e. The van der Waals surface area contributed by atoms with Gasteiger partial charge in [0.15, 0.2) is 18.9 Å². The standard InChI is InChI=1S/C42H68O15/c1-19(43)25-13-15-42(48)26-11-10-23-16-24(12-14-40(23,5)31(26)33(45)38(47)41(25,42)6)55-29-17-27(49-7)35(21(3)52-29)56-30-18-28(50-8)36(22(4)53-30)57-39-34(46)37(51-9)32(44)20(2)54-39/h10,20-22,24-39,44-48H,11-18H2,1-9H3. The molecule has 6 fully saturated rings. The second-order valence-electron chi connectivity index (χ2n) is 18.5. The maximum Gasteiger partial charge on any atom is 0.187 e. The summed E-state index contributed by atoms with van der Waals surface area (Å²) in [6.45, 7) is 10.9. The number of hydrogen-bond donors (Lipinski definition) is 5. The van der Waals surface area contributed by atoms with Crippen LogP contribution in [0.25, 0.3) is 0 Å². The van der Waals surface area contributed by atoms with Crippen molar-refractivity contribution in [1.29, 1.82) is 0 Å². The Morgan fingerprint density at radius 1 is 0.754 bits per heavy atom. The molecule has 5 N–H and O–H groups in total. The topological polar surface area (TPSA) is 201 Å². The van der Waals surface area contributed by atoms with Gasteiger partial charge < -0.3 is 68.2 Å². The van der Waals surface area contributed by atoms with Crippen LogP contribution in [0.2, 0.25) is 0 Å². The van der Waals surface area contributed by atoms with Crippen LogP contribution in [0.4, 0.5) is 0 Å². The van der Waals surface area contributed by atoms with Gasteiger partial charge in [-0.15, -0.1) is 0 Å². The summed E-state index contributed by atoms with van der Waals surface area (Å²) in [6.07, 6.45) is -4.69. The number of rotatable bonds is 10. The second-order valence-corrected chi connectivity index (χ2v) is 18.5. The van der Waals surface area contributed by atoms with Gasteiger partial charge in [-0.05, 0) is 77.6 Å². The lowest BCUT2D eigenvalue weighted by Gasteiger charge is -2.64. The zero-order chi connectivity index (χ0) is 41.4. The third kappa shape index (κ3) is 7.30. The summed E-state index contributed by atoms with van der Waals surface area (Å²) >= 11 is 0. The number of carbonyl (C=O) groups excluding carboxylic acids is 1. The van der Waals surface area contributed by atoms with Gasteiger partial charge >= 0.3 is 0 Å². The lowest BCUT2D eigenvalue weighted by Crippen LogP contribution is -2.71.